The lowest BCUT2D eigenvalue weighted by atomic mass is 10.0. The normalized spacial score (nSPS) is 12.5. The molecule has 0 aliphatic carbocycles. The van der Waals surface area contributed by atoms with Crippen LogP contribution in [0.25, 0.3) is 0 Å². The van der Waals surface area contributed by atoms with Crippen LogP contribution in [-0.2, 0) is 14.3 Å². The molecular formula is C72H141NO5. The van der Waals surface area contributed by atoms with Crippen LogP contribution in [0.15, 0.2) is 12.2 Å². The van der Waals surface area contributed by atoms with E-state index in [1.807, 2.05) is 0 Å². The van der Waals surface area contributed by atoms with Crippen LogP contribution in [0, 0.1) is 0 Å². The molecule has 0 aliphatic heterocycles. The molecule has 464 valence electrons. The highest BCUT2D eigenvalue weighted by Crippen LogP contribution is 2.19. The number of carbonyl (C=O) groups is 2. The highest BCUT2D eigenvalue weighted by atomic mass is 16.5. The second kappa shape index (κ2) is 68.1. The fourth-order valence-corrected chi connectivity index (χ4v) is 11.6. The van der Waals surface area contributed by atoms with Crippen molar-refractivity contribution in [3.63, 3.8) is 0 Å². The minimum Gasteiger partial charge on any atom is -0.466 e. The number of aliphatic hydroxyl groups is 2. The molecule has 0 rings (SSSR count). The molecule has 3 N–H and O–H groups in total. The highest BCUT2D eigenvalue weighted by Gasteiger charge is 2.20. The number of allylic oxidation sites excluding steroid dienone is 2. The molecule has 1 amide bonds. The number of carbonyl (C=O) groups excluding carboxylic acids is 2. The van der Waals surface area contributed by atoms with Crippen molar-refractivity contribution in [3.8, 4) is 0 Å². The summed E-state index contributed by atoms with van der Waals surface area (Å²) in [4.78, 5) is 24.6. The van der Waals surface area contributed by atoms with Crippen LogP contribution in [0.5, 0.6) is 0 Å². The van der Waals surface area contributed by atoms with E-state index in [2.05, 4.69) is 31.3 Å². The van der Waals surface area contributed by atoms with E-state index in [9.17, 15) is 19.8 Å². The molecule has 6 heteroatoms. The maximum atomic E-state index is 12.5. The van der Waals surface area contributed by atoms with Gasteiger partial charge in [0.2, 0.25) is 5.91 Å². The van der Waals surface area contributed by atoms with Crippen LogP contribution in [0.4, 0.5) is 0 Å². The van der Waals surface area contributed by atoms with Gasteiger partial charge < -0.3 is 20.3 Å². The zero-order valence-corrected chi connectivity index (χ0v) is 53.2. The Bertz CT molecular complexity index is 1180. The Kier molecular flexibility index (Phi) is 66.9. The summed E-state index contributed by atoms with van der Waals surface area (Å²) in [6.45, 7) is 5.00. The standard InChI is InChI=1S/C72H141NO5/c1-3-5-7-9-11-13-15-17-18-19-34-37-41-44-48-52-56-60-64-70(75)69(68-74)73-71(76)65-61-57-53-49-45-42-38-35-32-30-28-26-24-22-20-21-23-25-27-29-31-33-36-39-43-47-51-55-59-63-67-78-72(77)66-62-58-54-50-46-40-16-14-12-10-8-6-4-2/h21,23,69-70,74-75H,3-20,22,24-68H2,1-2H3,(H,73,76)/b23-21-. The number of hydrogen-bond donors (Lipinski definition) is 3. The molecule has 2 atom stereocenters. The van der Waals surface area contributed by atoms with Crippen LogP contribution >= 0.6 is 0 Å². The predicted molar refractivity (Wildman–Crippen MR) is 343 cm³/mol. The Morgan fingerprint density at radius 1 is 0.346 bits per heavy atom. The maximum Gasteiger partial charge on any atom is 0.305 e. The number of nitrogens with one attached hydrogen (secondary N) is 1. The summed E-state index contributed by atoms with van der Waals surface area (Å²) in [6, 6.07) is -0.540. The highest BCUT2D eigenvalue weighted by molar-refractivity contribution is 5.76. The van der Waals surface area contributed by atoms with Crippen molar-refractivity contribution < 1.29 is 24.5 Å². The summed E-state index contributed by atoms with van der Waals surface area (Å²) in [5.41, 5.74) is 0. The minimum atomic E-state index is -0.663. The van der Waals surface area contributed by atoms with E-state index in [0.717, 1.165) is 38.5 Å². The van der Waals surface area contributed by atoms with Gasteiger partial charge in [-0.1, -0.05) is 360 Å². The second-order valence-electron chi connectivity index (χ2n) is 24.9. The smallest absolute Gasteiger partial charge is 0.305 e. The molecule has 0 aromatic heterocycles. The zero-order valence-electron chi connectivity index (χ0n) is 53.2. The lowest BCUT2D eigenvalue weighted by Gasteiger charge is -2.22. The Morgan fingerprint density at radius 3 is 0.910 bits per heavy atom. The SMILES string of the molecule is CCCCCCCCCCCCCCCCCCCCC(O)C(CO)NC(=O)CCCCCCCCCCCCCCCC/C=C\CCCCCCCCCCCCCCOC(=O)CCCCCCCCCCCCCCC. The van der Waals surface area contributed by atoms with Gasteiger partial charge in [-0.25, -0.2) is 0 Å². The first-order valence-electron chi connectivity index (χ1n) is 35.9. The van der Waals surface area contributed by atoms with Crippen molar-refractivity contribution in [2.24, 2.45) is 0 Å². The molecule has 0 radical (unpaired) electrons. The average molecular weight is 1100 g/mol. The van der Waals surface area contributed by atoms with Gasteiger partial charge in [0, 0.05) is 12.8 Å². The summed E-state index contributed by atoms with van der Waals surface area (Å²) in [5, 5.41) is 23.4. The Hall–Kier alpha value is -1.40. The van der Waals surface area contributed by atoms with Crippen molar-refractivity contribution >= 4 is 11.9 Å². The van der Waals surface area contributed by atoms with Crippen LogP contribution in [0.2, 0.25) is 0 Å². The number of aliphatic hydroxyl groups excluding tert-OH is 2. The van der Waals surface area contributed by atoms with Gasteiger partial charge in [0.15, 0.2) is 0 Å². The van der Waals surface area contributed by atoms with Crippen LogP contribution < -0.4 is 5.32 Å². The van der Waals surface area contributed by atoms with Gasteiger partial charge in [-0.3, -0.25) is 9.59 Å². The lowest BCUT2D eigenvalue weighted by molar-refractivity contribution is -0.143. The number of esters is 1. The number of hydrogen-bond acceptors (Lipinski definition) is 5. The van der Waals surface area contributed by atoms with E-state index >= 15 is 0 Å². The molecule has 0 spiro atoms. The van der Waals surface area contributed by atoms with Crippen molar-refractivity contribution in [3.05, 3.63) is 12.2 Å². The first kappa shape index (κ1) is 76.6. The Morgan fingerprint density at radius 2 is 0.603 bits per heavy atom. The van der Waals surface area contributed by atoms with Crippen molar-refractivity contribution in [2.75, 3.05) is 13.2 Å². The van der Waals surface area contributed by atoms with E-state index in [1.54, 1.807) is 0 Å². The third-order valence-corrected chi connectivity index (χ3v) is 17.1. The monoisotopic (exact) mass is 1100 g/mol. The van der Waals surface area contributed by atoms with Crippen LogP contribution in [-0.4, -0.2) is 47.4 Å². The van der Waals surface area contributed by atoms with Crippen LogP contribution in [0.1, 0.15) is 412 Å². The van der Waals surface area contributed by atoms with Gasteiger partial charge >= 0.3 is 5.97 Å². The van der Waals surface area contributed by atoms with Gasteiger partial charge in [-0.2, -0.15) is 0 Å². The van der Waals surface area contributed by atoms with Gasteiger partial charge in [0.1, 0.15) is 0 Å². The molecule has 0 aliphatic rings. The van der Waals surface area contributed by atoms with E-state index in [4.69, 9.17) is 4.74 Å². The fraction of sp³-hybridized carbons (Fsp3) is 0.944. The Labute approximate surface area is 489 Å². The molecule has 0 bridgehead atoms. The molecule has 0 aromatic carbocycles. The van der Waals surface area contributed by atoms with Gasteiger partial charge in [-0.15, -0.1) is 0 Å². The molecule has 0 aromatic rings. The topological polar surface area (TPSA) is 95.9 Å². The summed E-state index contributed by atoms with van der Waals surface area (Å²) in [7, 11) is 0. The van der Waals surface area contributed by atoms with Crippen molar-refractivity contribution in [2.45, 2.75) is 424 Å². The third-order valence-electron chi connectivity index (χ3n) is 17.1. The Balaban J connectivity index is 3.36. The van der Waals surface area contributed by atoms with E-state index < -0.39 is 12.1 Å². The molecule has 78 heavy (non-hydrogen) atoms. The molecule has 0 heterocycles. The molecule has 0 saturated carbocycles. The number of amides is 1. The summed E-state index contributed by atoms with van der Waals surface area (Å²) in [5.74, 6) is -0.00946. The summed E-state index contributed by atoms with van der Waals surface area (Å²) < 4.78 is 5.49. The van der Waals surface area contributed by atoms with E-state index in [1.165, 1.54) is 340 Å². The van der Waals surface area contributed by atoms with Gasteiger partial charge in [0.05, 0.1) is 25.4 Å². The maximum absolute atomic E-state index is 12.5. The minimum absolute atomic E-state index is 0.0196. The fourth-order valence-electron chi connectivity index (χ4n) is 11.6. The third kappa shape index (κ3) is 63.8. The summed E-state index contributed by atoms with van der Waals surface area (Å²) in [6.07, 6.45) is 84.1. The first-order chi connectivity index (χ1) is 38.5. The molecule has 0 fully saturated rings. The molecule has 6 nitrogen and oxygen atoms in total. The van der Waals surface area contributed by atoms with Crippen molar-refractivity contribution in [1.82, 2.24) is 5.32 Å². The average Bonchev–Trinajstić information content (AvgIpc) is 3.44. The lowest BCUT2D eigenvalue weighted by Crippen LogP contribution is -2.45. The quantitative estimate of drug-likeness (QED) is 0.0320. The largest absolute Gasteiger partial charge is 0.466 e. The molecule has 2 unspecified atom stereocenters. The van der Waals surface area contributed by atoms with Gasteiger partial charge in [0.25, 0.3) is 0 Å². The molecular weight excluding hydrogens is 959 g/mol. The number of ether oxygens (including phenoxy) is 1. The van der Waals surface area contributed by atoms with E-state index in [-0.39, 0.29) is 18.5 Å². The zero-order chi connectivity index (χ0) is 56.4. The molecule has 0 saturated heterocycles. The second-order valence-corrected chi connectivity index (χ2v) is 24.9. The van der Waals surface area contributed by atoms with E-state index in [0.29, 0.717) is 25.9 Å². The summed E-state index contributed by atoms with van der Waals surface area (Å²) >= 11 is 0. The number of rotatable bonds is 68. The first-order valence-corrected chi connectivity index (χ1v) is 35.9. The predicted octanol–water partition coefficient (Wildman–Crippen LogP) is 23.1. The number of unbranched alkanes of at least 4 members (excludes halogenated alkanes) is 55. The van der Waals surface area contributed by atoms with Crippen molar-refractivity contribution in [1.29, 1.82) is 0 Å². The van der Waals surface area contributed by atoms with Gasteiger partial charge in [-0.05, 0) is 51.4 Å². The van der Waals surface area contributed by atoms with Crippen LogP contribution in [0.3, 0.4) is 0 Å².